The third-order valence-corrected chi connectivity index (χ3v) is 2.79. The summed E-state index contributed by atoms with van der Waals surface area (Å²) >= 11 is 0. The molecule has 0 aliphatic heterocycles. The number of benzene rings is 1. The fourth-order valence-corrected chi connectivity index (χ4v) is 1.93. The van der Waals surface area contributed by atoms with Crippen molar-refractivity contribution in [1.82, 2.24) is 9.97 Å². The molecule has 0 saturated carbocycles. The van der Waals surface area contributed by atoms with E-state index in [0.717, 1.165) is 16.8 Å². The maximum atomic E-state index is 13.0. The molecule has 2 aromatic heterocycles. The van der Waals surface area contributed by atoms with E-state index in [1.165, 1.54) is 12.1 Å². The number of halogens is 1. The van der Waals surface area contributed by atoms with E-state index in [-0.39, 0.29) is 5.82 Å². The van der Waals surface area contributed by atoms with Gasteiger partial charge in [-0.3, -0.25) is 4.98 Å². The molecule has 0 amide bonds. The van der Waals surface area contributed by atoms with Gasteiger partial charge in [0, 0.05) is 30.4 Å². The Morgan fingerprint density at radius 2 is 1.63 bits per heavy atom. The molecule has 0 bridgehead atoms. The largest absolute Gasteiger partial charge is 0.440 e. The summed E-state index contributed by atoms with van der Waals surface area (Å²) in [6.07, 6.45) is 3.40. The fourth-order valence-electron chi connectivity index (χ4n) is 1.93. The lowest BCUT2D eigenvalue weighted by molar-refractivity contribution is 0.534. The molecule has 1 aromatic carbocycles. The summed E-state index contributed by atoms with van der Waals surface area (Å²) in [5.74, 6) is 0.945. The van der Waals surface area contributed by atoms with E-state index in [4.69, 9.17) is 4.42 Å². The number of hydrogen-bond donors (Lipinski definition) is 0. The first-order valence-corrected chi connectivity index (χ1v) is 5.88. The number of pyridine rings is 1. The number of aromatic nitrogens is 2. The molecule has 94 valence electrons. The van der Waals surface area contributed by atoms with Crippen LogP contribution < -0.4 is 0 Å². The first-order valence-electron chi connectivity index (χ1n) is 5.88. The second-order valence-electron chi connectivity index (χ2n) is 4.15. The van der Waals surface area contributed by atoms with Gasteiger partial charge in [-0.15, -0.1) is 0 Å². The van der Waals surface area contributed by atoms with Gasteiger partial charge in [-0.05, 0) is 36.4 Å². The molecule has 0 aliphatic rings. The standard InChI is InChI=1S/C15H11FN2O/c1-10-18-14(11-6-8-17-9-7-11)15(19-10)12-2-4-13(16)5-3-12/h2-9H,1H3. The number of nitrogens with zero attached hydrogens (tertiary/aromatic N) is 2. The number of hydrogen-bond acceptors (Lipinski definition) is 3. The van der Waals surface area contributed by atoms with Gasteiger partial charge in [0.2, 0.25) is 0 Å². The van der Waals surface area contributed by atoms with Gasteiger partial charge in [0.1, 0.15) is 11.5 Å². The zero-order valence-electron chi connectivity index (χ0n) is 10.3. The van der Waals surface area contributed by atoms with Crippen molar-refractivity contribution in [3.63, 3.8) is 0 Å². The summed E-state index contributed by atoms with van der Waals surface area (Å²) in [4.78, 5) is 8.38. The summed E-state index contributed by atoms with van der Waals surface area (Å²) in [7, 11) is 0. The zero-order valence-corrected chi connectivity index (χ0v) is 10.3. The minimum absolute atomic E-state index is 0.273. The van der Waals surface area contributed by atoms with Crippen LogP contribution in [0.15, 0.2) is 53.2 Å². The Labute approximate surface area is 109 Å². The van der Waals surface area contributed by atoms with Crippen molar-refractivity contribution in [3.8, 4) is 22.6 Å². The highest BCUT2D eigenvalue weighted by Crippen LogP contribution is 2.32. The Morgan fingerprint density at radius 3 is 2.32 bits per heavy atom. The molecule has 0 unspecified atom stereocenters. The maximum absolute atomic E-state index is 13.0. The lowest BCUT2D eigenvalue weighted by atomic mass is 10.1. The second-order valence-corrected chi connectivity index (χ2v) is 4.15. The Balaban J connectivity index is 2.15. The van der Waals surface area contributed by atoms with Crippen LogP contribution in [0.2, 0.25) is 0 Å². The van der Waals surface area contributed by atoms with Crippen molar-refractivity contribution in [2.75, 3.05) is 0 Å². The Kier molecular flexibility index (Phi) is 2.83. The van der Waals surface area contributed by atoms with E-state index in [1.807, 2.05) is 12.1 Å². The maximum Gasteiger partial charge on any atom is 0.192 e. The molecular weight excluding hydrogens is 243 g/mol. The summed E-state index contributed by atoms with van der Waals surface area (Å²) < 4.78 is 18.6. The minimum atomic E-state index is -0.273. The fraction of sp³-hybridized carbons (Fsp3) is 0.0667. The molecular formula is C15H11FN2O. The van der Waals surface area contributed by atoms with E-state index in [1.54, 1.807) is 31.5 Å². The molecule has 2 heterocycles. The van der Waals surface area contributed by atoms with E-state index < -0.39 is 0 Å². The molecule has 0 radical (unpaired) electrons. The number of oxazole rings is 1. The first kappa shape index (κ1) is 11.6. The molecule has 19 heavy (non-hydrogen) atoms. The van der Waals surface area contributed by atoms with Gasteiger partial charge < -0.3 is 4.42 Å². The number of aryl methyl sites for hydroxylation is 1. The van der Waals surface area contributed by atoms with Gasteiger partial charge in [0.15, 0.2) is 11.7 Å². The van der Waals surface area contributed by atoms with Crippen molar-refractivity contribution in [1.29, 1.82) is 0 Å². The Hall–Kier alpha value is -2.49. The highest BCUT2D eigenvalue weighted by Gasteiger charge is 2.14. The Bertz CT molecular complexity index is 690. The highest BCUT2D eigenvalue weighted by molar-refractivity contribution is 5.76. The van der Waals surface area contributed by atoms with Crippen LogP contribution in [0.4, 0.5) is 4.39 Å². The van der Waals surface area contributed by atoms with Crippen LogP contribution in [0.25, 0.3) is 22.6 Å². The Morgan fingerprint density at radius 1 is 0.947 bits per heavy atom. The lowest BCUT2D eigenvalue weighted by Gasteiger charge is -2.01. The van der Waals surface area contributed by atoms with Crippen molar-refractivity contribution in [3.05, 3.63) is 60.5 Å². The highest BCUT2D eigenvalue weighted by atomic mass is 19.1. The quantitative estimate of drug-likeness (QED) is 0.697. The van der Waals surface area contributed by atoms with E-state index >= 15 is 0 Å². The minimum Gasteiger partial charge on any atom is -0.440 e. The third kappa shape index (κ3) is 2.25. The summed E-state index contributed by atoms with van der Waals surface area (Å²) in [6.45, 7) is 1.79. The smallest absolute Gasteiger partial charge is 0.192 e. The predicted octanol–water partition coefficient (Wildman–Crippen LogP) is 3.85. The van der Waals surface area contributed by atoms with E-state index in [9.17, 15) is 4.39 Å². The van der Waals surface area contributed by atoms with Crippen LogP contribution in [0.1, 0.15) is 5.89 Å². The van der Waals surface area contributed by atoms with Crippen LogP contribution in [-0.2, 0) is 0 Å². The molecule has 3 rings (SSSR count). The van der Waals surface area contributed by atoms with E-state index in [2.05, 4.69) is 9.97 Å². The molecule has 4 heteroatoms. The molecule has 0 spiro atoms. The van der Waals surface area contributed by atoms with Crippen LogP contribution in [-0.4, -0.2) is 9.97 Å². The van der Waals surface area contributed by atoms with Gasteiger partial charge in [0.25, 0.3) is 0 Å². The number of rotatable bonds is 2. The zero-order chi connectivity index (χ0) is 13.2. The van der Waals surface area contributed by atoms with Crippen LogP contribution in [0.3, 0.4) is 0 Å². The van der Waals surface area contributed by atoms with Crippen LogP contribution in [0.5, 0.6) is 0 Å². The summed E-state index contributed by atoms with van der Waals surface area (Å²) in [5.41, 5.74) is 2.46. The summed E-state index contributed by atoms with van der Waals surface area (Å²) in [5, 5.41) is 0. The van der Waals surface area contributed by atoms with Crippen molar-refractivity contribution >= 4 is 0 Å². The average molecular weight is 254 g/mol. The summed E-state index contributed by atoms with van der Waals surface area (Å²) in [6, 6.07) is 9.90. The third-order valence-electron chi connectivity index (χ3n) is 2.79. The first-order chi connectivity index (χ1) is 9.24. The molecule has 3 nitrogen and oxygen atoms in total. The van der Waals surface area contributed by atoms with Gasteiger partial charge in [0.05, 0.1) is 0 Å². The molecule has 0 fully saturated rings. The van der Waals surface area contributed by atoms with Gasteiger partial charge in [-0.25, -0.2) is 9.37 Å². The average Bonchev–Trinajstić information content (AvgIpc) is 2.83. The normalized spacial score (nSPS) is 10.6. The molecule has 0 aliphatic carbocycles. The molecule has 3 aromatic rings. The van der Waals surface area contributed by atoms with E-state index in [0.29, 0.717) is 11.7 Å². The SMILES string of the molecule is Cc1nc(-c2ccncc2)c(-c2ccc(F)cc2)o1. The van der Waals surface area contributed by atoms with Crippen LogP contribution >= 0.6 is 0 Å². The topological polar surface area (TPSA) is 38.9 Å². The van der Waals surface area contributed by atoms with Gasteiger partial charge in [-0.1, -0.05) is 0 Å². The van der Waals surface area contributed by atoms with Crippen molar-refractivity contribution in [2.45, 2.75) is 6.92 Å². The second kappa shape index (κ2) is 4.65. The van der Waals surface area contributed by atoms with Gasteiger partial charge >= 0.3 is 0 Å². The van der Waals surface area contributed by atoms with Gasteiger partial charge in [-0.2, -0.15) is 0 Å². The molecule has 0 N–H and O–H groups in total. The van der Waals surface area contributed by atoms with Crippen molar-refractivity contribution in [2.24, 2.45) is 0 Å². The van der Waals surface area contributed by atoms with Crippen LogP contribution in [0, 0.1) is 12.7 Å². The van der Waals surface area contributed by atoms with Crippen molar-refractivity contribution < 1.29 is 8.81 Å². The molecule has 0 atom stereocenters. The predicted molar refractivity (Wildman–Crippen MR) is 69.9 cm³/mol. The lowest BCUT2D eigenvalue weighted by Crippen LogP contribution is -1.83. The molecule has 0 saturated heterocycles. The monoisotopic (exact) mass is 254 g/mol.